The Bertz CT molecular complexity index is 891. The van der Waals surface area contributed by atoms with Crippen LogP contribution in [0.15, 0.2) is 15.7 Å². The summed E-state index contributed by atoms with van der Waals surface area (Å²) in [6.07, 6.45) is 42.4. The van der Waals surface area contributed by atoms with Gasteiger partial charge in [0.1, 0.15) is 5.82 Å². The average molecular weight is 632 g/mol. The van der Waals surface area contributed by atoms with Crippen molar-refractivity contribution >= 4 is 5.82 Å². The van der Waals surface area contributed by atoms with Gasteiger partial charge in [-0.2, -0.15) is 0 Å². The molecule has 0 aliphatic heterocycles. The molecule has 0 aromatic carbocycles. The summed E-state index contributed by atoms with van der Waals surface area (Å²) >= 11 is 0. The van der Waals surface area contributed by atoms with Gasteiger partial charge in [-0.3, -0.25) is 13.9 Å². The van der Waals surface area contributed by atoms with Crippen LogP contribution in [0.25, 0.3) is 0 Å². The second kappa shape index (κ2) is 31.1. The lowest BCUT2D eigenvalue weighted by Gasteiger charge is -2.13. The maximum Gasteiger partial charge on any atom is 0.332 e. The largest absolute Gasteiger partial charge is 0.385 e. The Hall–Kier alpha value is -1.52. The minimum Gasteiger partial charge on any atom is -0.385 e. The monoisotopic (exact) mass is 632 g/mol. The summed E-state index contributed by atoms with van der Waals surface area (Å²) < 4.78 is 3.03. The van der Waals surface area contributed by atoms with E-state index < -0.39 is 0 Å². The van der Waals surface area contributed by atoms with Crippen molar-refractivity contribution in [3.05, 3.63) is 26.9 Å². The van der Waals surface area contributed by atoms with Crippen LogP contribution in [0.2, 0.25) is 0 Å². The third kappa shape index (κ3) is 23.5. The lowest BCUT2D eigenvalue weighted by molar-refractivity contribution is 0.486. The lowest BCUT2D eigenvalue weighted by Crippen LogP contribution is -2.40. The van der Waals surface area contributed by atoms with E-state index in [0.29, 0.717) is 18.9 Å². The van der Waals surface area contributed by atoms with Gasteiger partial charge < -0.3 is 5.73 Å². The molecular formula is C40H77N3O2. The Labute approximate surface area is 279 Å². The molecule has 0 amide bonds. The summed E-state index contributed by atoms with van der Waals surface area (Å²) in [7, 11) is 0. The van der Waals surface area contributed by atoms with Crippen LogP contribution in [0.1, 0.15) is 219 Å². The second-order valence-corrected chi connectivity index (χ2v) is 14.1. The first-order valence-electron chi connectivity index (χ1n) is 20.2. The van der Waals surface area contributed by atoms with Gasteiger partial charge in [0.25, 0.3) is 5.56 Å². The average Bonchev–Trinajstić information content (AvgIpc) is 3.03. The zero-order valence-corrected chi connectivity index (χ0v) is 30.4. The molecule has 0 aliphatic carbocycles. The van der Waals surface area contributed by atoms with Gasteiger partial charge in [-0.15, -0.1) is 0 Å². The number of nitrogen functional groups attached to an aromatic ring is 1. The second-order valence-electron chi connectivity index (χ2n) is 14.1. The van der Waals surface area contributed by atoms with Gasteiger partial charge in [-0.25, -0.2) is 4.79 Å². The molecule has 5 nitrogen and oxygen atoms in total. The van der Waals surface area contributed by atoms with E-state index >= 15 is 0 Å². The molecule has 264 valence electrons. The summed E-state index contributed by atoms with van der Waals surface area (Å²) in [5, 5.41) is 0. The molecule has 0 saturated heterocycles. The maximum atomic E-state index is 13.0. The number of nitrogens with two attached hydrogens (primary N) is 1. The van der Waals surface area contributed by atoms with E-state index in [1.807, 2.05) is 0 Å². The molecule has 2 N–H and O–H groups in total. The number of anilines is 1. The number of nitrogens with zero attached hydrogens (tertiary/aromatic N) is 2. The SMILES string of the molecule is CCCCCCCCCCCCCCCCCCn1c(N)cc(=O)n(CCCCCCCCCCCCCCCCCC)c1=O. The van der Waals surface area contributed by atoms with Crippen LogP contribution >= 0.6 is 0 Å². The van der Waals surface area contributed by atoms with E-state index in [1.54, 1.807) is 4.57 Å². The van der Waals surface area contributed by atoms with Gasteiger partial charge in [0.05, 0.1) is 0 Å². The molecule has 0 fully saturated rings. The highest BCUT2D eigenvalue weighted by atomic mass is 16.2. The van der Waals surface area contributed by atoms with Crippen molar-refractivity contribution in [2.45, 2.75) is 232 Å². The molecule has 0 atom stereocenters. The van der Waals surface area contributed by atoms with Crippen molar-refractivity contribution in [1.29, 1.82) is 0 Å². The summed E-state index contributed by atoms with van der Waals surface area (Å²) in [4.78, 5) is 25.5. The van der Waals surface area contributed by atoms with Crippen LogP contribution in [-0.4, -0.2) is 9.13 Å². The normalized spacial score (nSPS) is 11.5. The van der Waals surface area contributed by atoms with Crippen molar-refractivity contribution in [1.82, 2.24) is 9.13 Å². The third-order valence-electron chi connectivity index (χ3n) is 9.78. The molecular weight excluding hydrogens is 554 g/mol. The number of hydrogen-bond acceptors (Lipinski definition) is 3. The first-order valence-corrected chi connectivity index (χ1v) is 20.2. The van der Waals surface area contributed by atoms with Crippen LogP contribution in [-0.2, 0) is 13.1 Å². The minimum absolute atomic E-state index is 0.220. The lowest BCUT2D eigenvalue weighted by atomic mass is 10.0. The fourth-order valence-corrected chi connectivity index (χ4v) is 6.70. The van der Waals surface area contributed by atoms with Gasteiger partial charge in [0, 0.05) is 19.2 Å². The van der Waals surface area contributed by atoms with Crippen molar-refractivity contribution in [3.63, 3.8) is 0 Å². The highest BCUT2D eigenvalue weighted by Crippen LogP contribution is 2.15. The minimum atomic E-state index is -0.248. The summed E-state index contributed by atoms with van der Waals surface area (Å²) in [6, 6.07) is 1.44. The summed E-state index contributed by atoms with van der Waals surface area (Å²) in [5.74, 6) is 0.314. The Morgan fingerprint density at radius 3 is 0.933 bits per heavy atom. The Kier molecular flexibility index (Phi) is 28.7. The topological polar surface area (TPSA) is 70.0 Å². The van der Waals surface area contributed by atoms with Crippen LogP contribution in [0.4, 0.5) is 5.82 Å². The van der Waals surface area contributed by atoms with Gasteiger partial charge in [0.15, 0.2) is 0 Å². The van der Waals surface area contributed by atoms with Gasteiger partial charge in [-0.05, 0) is 12.8 Å². The van der Waals surface area contributed by atoms with E-state index in [9.17, 15) is 9.59 Å². The van der Waals surface area contributed by atoms with Gasteiger partial charge in [0.2, 0.25) is 0 Å². The first kappa shape index (κ1) is 41.5. The van der Waals surface area contributed by atoms with Gasteiger partial charge >= 0.3 is 5.69 Å². The molecule has 1 aromatic rings. The van der Waals surface area contributed by atoms with Crippen molar-refractivity contribution in [3.8, 4) is 0 Å². The molecule has 45 heavy (non-hydrogen) atoms. The van der Waals surface area contributed by atoms with E-state index in [4.69, 9.17) is 5.73 Å². The molecule has 0 aliphatic rings. The van der Waals surface area contributed by atoms with E-state index in [1.165, 1.54) is 190 Å². The van der Waals surface area contributed by atoms with Crippen LogP contribution < -0.4 is 17.0 Å². The molecule has 0 saturated carbocycles. The zero-order chi connectivity index (χ0) is 32.6. The Morgan fingerprint density at radius 2 is 0.644 bits per heavy atom. The molecule has 1 rings (SSSR count). The highest BCUT2D eigenvalue weighted by molar-refractivity contribution is 5.26. The van der Waals surface area contributed by atoms with Crippen molar-refractivity contribution in [2.75, 3.05) is 5.73 Å². The Balaban J connectivity index is 2.05. The number of unbranched alkanes of at least 4 members (excludes halogenated alkanes) is 30. The molecule has 0 bridgehead atoms. The number of rotatable bonds is 34. The number of hydrogen-bond donors (Lipinski definition) is 1. The molecule has 0 radical (unpaired) electrons. The first-order chi connectivity index (χ1) is 22.1. The van der Waals surface area contributed by atoms with E-state index in [-0.39, 0.29) is 11.2 Å². The van der Waals surface area contributed by atoms with Crippen LogP contribution in [0, 0.1) is 0 Å². The summed E-state index contributed by atoms with van der Waals surface area (Å²) in [6.45, 7) is 5.69. The van der Waals surface area contributed by atoms with Crippen LogP contribution in [0.3, 0.4) is 0 Å². The standard InChI is InChI=1S/C40H77N3O2/c1-3-5-7-9-11-13-15-17-19-21-23-25-27-29-31-33-35-42-38(41)37-39(44)43(40(42)45)36-34-32-30-28-26-24-22-20-18-16-14-12-10-8-6-4-2/h37H,3-36,41H2,1-2H3. The van der Waals surface area contributed by atoms with Crippen LogP contribution in [0.5, 0.6) is 0 Å². The van der Waals surface area contributed by atoms with Gasteiger partial charge in [-0.1, -0.05) is 206 Å². The smallest absolute Gasteiger partial charge is 0.332 e. The van der Waals surface area contributed by atoms with Crippen molar-refractivity contribution < 1.29 is 0 Å². The predicted molar refractivity (Wildman–Crippen MR) is 198 cm³/mol. The third-order valence-corrected chi connectivity index (χ3v) is 9.78. The van der Waals surface area contributed by atoms with E-state index in [0.717, 1.165) is 25.7 Å². The Morgan fingerprint density at radius 1 is 0.400 bits per heavy atom. The predicted octanol–water partition coefficient (Wildman–Crippen LogP) is 12.1. The quantitative estimate of drug-likeness (QED) is 0.0769. The number of aromatic nitrogens is 2. The zero-order valence-electron chi connectivity index (χ0n) is 30.4. The molecule has 5 heteroatoms. The van der Waals surface area contributed by atoms with E-state index in [2.05, 4.69) is 13.8 Å². The van der Waals surface area contributed by atoms with Crippen molar-refractivity contribution in [2.24, 2.45) is 0 Å². The fourth-order valence-electron chi connectivity index (χ4n) is 6.70. The molecule has 0 unspecified atom stereocenters. The molecule has 1 heterocycles. The molecule has 0 spiro atoms. The highest BCUT2D eigenvalue weighted by Gasteiger charge is 2.09. The summed E-state index contributed by atoms with van der Waals surface area (Å²) in [5.41, 5.74) is 5.63. The molecule has 1 aromatic heterocycles. The maximum absolute atomic E-state index is 13.0. The fraction of sp³-hybridized carbons (Fsp3) is 0.900.